The van der Waals surface area contributed by atoms with E-state index in [0.29, 0.717) is 38.4 Å². The monoisotopic (exact) mass is 389 g/mol. The second-order valence-electron chi connectivity index (χ2n) is 7.62. The van der Waals surface area contributed by atoms with Gasteiger partial charge in [0.15, 0.2) is 0 Å². The van der Waals surface area contributed by atoms with E-state index in [0.717, 1.165) is 23.8 Å². The molecule has 1 saturated carbocycles. The lowest BCUT2D eigenvalue weighted by Crippen LogP contribution is -2.51. The van der Waals surface area contributed by atoms with Crippen LogP contribution in [0, 0.1) is 5.92 Å². The first kappa shape index (κ1) is 20.2. The summed E-state index contributed by atoms with van der Waals surface area (Å²) in [5.74, 6) is 2.43. The summed E-state index contributed by atoms with van der Waals surface area (Å²) in [4.78, 5) is 33.0. The quantitative estimate of drug-likeness (QED) is 0.718. The number of pyridine rings is 1. The smallest absolute Gasteiger partial charge is 0.232 e. The SMILES string of the molecule is O=C(CCC1CCCCC1)N1CCN(C(=O)CSCc2ccccn2)CC1. The highest BCUT2D eigenvalue weighted by Crippen LogP contribution is 2.27. The molecule has 2 amide bonds. The van der Waals surface area contributed by atoms with Gasteiger partial charge in [-0.05, 0) is 24.5 Å². The zero-order chi connectivity index (χ0) is 18.9. The van der Waals surface area contributed by atoms with E-state index < -0.39 is 0 Å². The molecule has 0 N–H and O–H groups in total. The van der Waals surface area contributed by atoms with Gasteiger partial charge in [0.05, 0.1) is 11.4 Å². The van der Waals surface area contributed by atoms with Crippen molar-refractivity contribution in [2.24, 2.45) is 5.92 Å². The van der Waals surface area contributed by atoms with Crippen LogP contribution in [0.2, 0.25) is 0 Å². The summed E-state index contributed by atoms with van der Waals surface area (Å²) in [7, 11) is 0. The summed E-state index contributed by atoms with van der Waals surface area (Å²) in [5.41, 5.74) is 1.00. The zero-order valence-electron chi connectivity index (χ0n) is 16.1. The van der Waals surface area contributed by atoms with Crippen molar-refractivity contribution in [3.05, 3.63) is 30.1 Å². The Balaban J connectivity index is 1.31. The molecule has 2 heterocycles. The maximum absolute atomic E-state index is 12.5. The zero-order valence-corrected chi connectivity index (χ0v) is 17.0. The summed E-state index contributed by atoms with van der Waals surface area (Å²) in [6, 6.07) is 5.85. The molecule has 6 heteroatoms. The number of amides is 2. The van der Waals surface area contributed by atoms with Gasteiger partial charge < -0.3 is 9.80 Å². The van der Waals surface area contributed by atoms with E-state index in [9.17, 15) is 9.59 Å². The maximum Gasteiger partial charge on any atom is 0.232 e. The van der Waals surface area contributed by atoms with Crippen LogP contribution < -0.4 is 0 Å². The average molecular weight is 390 g/mol. The molecular weight excluding hydrogens is 358 g/mol. The number of hydrogen-bond acceptors (Lipinski definition) is 4. The van der Waals surface area contributed by atoms with Crippen LogP contribution in [0.3, 0.4) is 0 Å². The van der Waals surface area contributed by atoms with Gasteiger partial charge in [-0.25, -0.2) is 0 Å². The molecule has 0 unspecified atom stereocenters. The molecule has 0 bridgehead atoms. The summed E-state index contributed by atoms with van der Waals surface area (Å²) in [6.07, 6.45) is 10.1. The van der Waals surface area contributed by atoms with Gasteiger partial charge in [-0.2, -0.15) is 0 Å². The number of carbonyl (C=O) groups is 2. The fourth-order valence-electron chi connectivity index (χ4n) is 3.98. The van der Waals surface area contributed by atoms with Crippen LogP contribution in [0.25, 0.3) is 0 Å². The number of thioether (sulfide) groups is 1. The Bertz CT molecular complexity index is 597. The third kappa shape index (κ3) is 6.52. The molecule has 27 heavy (non-hydrogen) atoms. The van der Waals surface area contributed by atoms with E-state index in [1.807, 2.05) is 28.0 Å². The van der Waals surface area contributed by atoms with E-state index in [4.69, 9.17) is 0 Å². The van der Waals surface area contributed by atoms with Gasteiger partial charge in [-0.1, -0.05) is 38.2 Å². The van der Waals surface area contributed by atoms with Crippen molar-refractivity contribution in [2.75, 3.05) is 31.9 Å². The molecule has 1 aromatic rings. The van der Waals surface area contributed by atoms with Crippen molar-refractivity contribution in [1.29, 1.82) is 0 Å². The minimum absolute atomic E-state index is 0.172. The van der Waals surface area contributed by atoms with Crippen LogP contribution in [0.15, 0.2) is 24.4 Å². The molecule has 5 nitrogen and oxygen atoms in total. The Hall–Kier alpha value is -1.56. The molecule has 0 atom stereocenters. The fraction of sp³-hybridized carbons (Fsp3) is 0.667. The molecule has 2 fully saturated rings. The third-order valence-electron chi connectivity index (χ3n) is 5.68. The second kappa shape index (κ2) is 10.7. The van der Waals surface area contributed by atoms with E-state index in [2.05, 4.69) is 4.98 Å². The minimum Gasteiger partial charge on any atom is -0.339 e. The van der Waals surface area contributed by atoms with Crippen LogP contribution in [0.5, 0.6) is 0 Å². The van der Waals surface area contributed by atoms with Crippen molar-refractivity contribution in [2.45, 2.75) is 50.7 Å². The van der Waals surface area contributed by atoms with Gasteiger partial charge in [-0.15, -0.1) is 11.8 Å². The highest BCUT2D eigenvalue weighted by Gasteiger charge is 2.24. The standard InChI is InChI=1S/C21H31N3O2S/c25-20(10-9-18-6-2-1-3-7-18)23-12-14-24(15-13-23)21(26)17-27-16-19-8-4-5-11-22-19/h4-5,8,11,18H,1-3,6-7,9-10,12-17H2. The molecule has 0 aromatic carbocycles. The predicted octanol–water partition coefficient (Wildman–Crippen LogP) is 3.35. The number of piperazine rings is 1. The Morgan fingerprint density at radius 3 is 2.37 bits per heavy atom. The molecule has 2 aliphatic rings. The molecule has 1 aliphatic heterocycles. The van der Waals surface area contributed by atoms with Crippen molar-refractivity contribution in [3.8, 4) is 0 Å². The van der Waals surface area contributed by atoms with Crippen LogP contribution in [0.1, 0.15) is 50.6 Å². The topological polar surface area (TPSA) is 53.5 Å². The Labute approximate surface area is 166 Å². The number of nitrogens with zero attached hydrogens (tertiary/aromatic N) is 3. The van der Waals surface area contributed by atoms with Crippen LogP contribution in [-0.2, 0) is 15.3 Å². The molecule has 3 rings (SSSR count). The van der Waals surface area contributed by atoms with E-state index in [1.54, 1.807) is 18.0 Å². The molecular formula is C21H31N3O2S. The van der Waals surface area contributed by atoms with Crippen molar-refractivity contribution < 1.29 is 9.59 Å². The largest absolute Gasteiger partial charge is 0.339 e. The van der Waals surface area contributed by atoms with Crippen molar-refractivity contribution >= 4 is 23.6 Å². The van der Waals surface area contributed by atoms with Crippen LogP contribution >= 0.6 is 11.8 Å². The average Bonchev–Trinajstić information content (AvgIpc) is 2.73. The van der Waals surface area contributed by atoms with E-state index >= 15 is 0 Å². The predicted molar refractivity (Wildman–Crippen MR) is 109 cm³/mol. The molecule has 0 spiro atoms. The van der Waals surface area contributed by atoms with Crippen LogP contribution in [-0.4, -0.2) is 58.5 Å². The highest BCUT2D eigenvalue weighted by atomic mass is 32.2. The molecule has 1 aromatic heterocycles. The van der Waals surface area contributed by atoms with E-state index in [1.165, 1.54) is 32.1 Å². The maximum atomic E-state index is 12.5. The summed E-state index contributed by atoms with van der Waals surface area (Å²) < 4.78 is 0. The summed E-state index contributed by atoms with van der Waals surface area (Å²) in [6.45, 7) is 2.69. The molecule has 0 radical (unpaired) electrons. The number of rotatable bonds is 7. The summed E-state index contributed by atoms with van der Waals surface area (Å²) in [5, 5.41) is 0. The first-order chi connectivity index (χ1) is 13.2. The van der Waals surface area contributed by atoms with Gasteiger partial charge >= 0.3 is 0 Å². The first-order valence-electron chi connectivity index (χ1n) is 10.3. The normalized spacial score (nSPS) is 18.5. The van der Waals surface area contributed by atoms with Crippen molar-refractivity contribution in [3.63, 3.8) is 0 Å². The third-order valence-corrected chi connectivity index (χ3v) is 6.63. The van der Waals surface area contributed by atoms with Crippen LogP contribution in [0.4, 0.5) is 0 Å². The lowest BCUT2D eigenvalue weighted by atomic mass is 9.86. The summed E-state index contributed by atoms with van der Waals surface area (Å²) >= 11 is 1.60. The van der Waals surface area contributed by atoms with Gasteiger partial charge in [0.25, 0.3) is 0 Å². The van der Waals surface area contributed by atoms with Gasteiger partial charge in [-0.3, -0.25) is 14.6 Å². The van der Waals surface area contributed by atoms with Gasteiger partial charge in [0.1, 0.15) is 0 Å². The molecule has 1 aliphatic carbocycles. The number of carbonyl (C=O) groups excluding carboxylic acids is 2. The molecule has 148 valence electrons. The Kier molecular flexibility index (Phi) is 7.99. The molecule has 1 saturated heterocycles. The fourth-order valence-corrected chi connectivity index (χ4v) is 4.82. The Morgan fingerprint density at radius 2 is 1.70 bits per heavy atom. The highest BCUT2D eigenvalue weighted by molar-refractivity contribution is 7.99. The van der Waals surface area contributed by atoms with Gasteiger partial charge in [0.2, 0.25) is 11.8 Å². The number of aromatic nitrogens is 1. The van der Waals surface area contributed by atoms with Crippen molar-refractivity contribution in [1.82, 2.24) is 14.8 Å². The van der Waals surface area contributed by atoms with E-state index in [-0.39, 0.29) is 11.8 Å². The lowest BCUT2D eigenvalue weighted by molar-refractivity contribution is -0.138. The second-order valence-corrected chi connectivity index (χ2v) is 8.60. The first-order valence-corrected chi connectivity index (χ1v) is 11.4. The minimum atomic E-state index is 0.172. The lowest BCUT2D eigenvalue weighted by Gasteiger charge is -2.35. The Morgan fingerprint density at radius 1 is 1.00 bits per heavy atom. The van der Waals surface area contributed by atoms with Gasteiger partial charge in [0, 0.05) is 44.5 Å². The number of hydrogen-bond donors (Lipinski definition) is 0.